The summed E-state index contributed by atoms with van der Waals surface area (Å²) in [7, 11) is 0. The molecule has 0 bridgehead atoms. The smallest absolute Gasteiger partial charge is 0.343 e. The number of amides is 2. The average molecular weight is 364 g/mol. The molecule has 0 radical (unpaired) electrons. The number of anilines is 1. The molecule has 0 atom stereocenters. The van der Waals surface area contributed by atoms with E-state index in [1.54, 1.807) is 12.1 Å². The molecule has 2 aromatic rings. The van der Waals surface area contributed by atoms with Gasteiger partial charge in [0, 0.05) is 11.3 Å². The number of hydrogen-bond acceptors (Lipinski definition) is 2. The maximum atomic E-state index is 12.5. The Morgan fingerprint density at radius 1 is 0.962 bits per heavy atom. The summed E-state index contributed by atoms with van der Waals surface area (Å²) in [4.78, 5) is 23.8. The van der Waals surface area contributed by atoms with E-state index in [2.05, 4.69) is 24.5 Å². The molecule has 0 aliphatic heterocycles. The summed E-state index contributed by atoms with van der Waals surface area (Å²) in [6.45, 7) is 3.83. The lowest BCUT2D eigenvalue weighted by atomic mass is 10.0. The molecule has 4 nitrogen and oxygen atoms in total. The molecule has 2 amide bonds. The van der Waals surface area contributed by atoms with Crippen molar-refractivity contribution < 1.29 is 22.8 Å². The number of alkyl halides is 3. The van der Waals surface area contributed by atoms with Gasteiger partial charge in [0.05, 0.1) is 12.1 Å². The standard InChI is InChI=1S/C19H19F3N2O2/c1-12(2)13-5-9-16(10-6-13)24-17(25)11-23-18(26)14-3-7-15(8-4-14)19(20,21)22/h3-10,12H,11H2,1-2H3,(H,23,26)(H,24,25). The highest BCUT2D eigenvalue weighted by molar-refractivity contribution is 5.99. The van der Waals surface area contributed by atoms with Gasteiger partial charge < -0.3 is 10.6 Å². The number of rotatable bonds is 5. The van der Waals surface area contributed by atoms with Crippen LogP contribution in [0.15, 0.2) is 48.5 Å². The highest BCUT2D eigenvalue weighted by atomic mass is 19.4. The predicted molar refractivity (Wildman–Crippen MR) is 92.9 cm³/mol. The lowest BCUT2D eigenvalue weighted by molar-refractivity contribution is -0.137. The van der Waals surface area contributed by atoms with Crippen molar-refractivity contribution in [2.45, 2.75) is 25.9 Å². The van der Waals surface area contributed by atoms with E-state index >= 15 is 0 Å². The minimum absolute atomic E-state index is 0.0482. The SMILES string of the molecule is CC(C)c1ccc(NC(=O)CNC(=O)c2ccc(C(F)(F)F)cc2)cc1. The lowest BCUT2D eigenvalue weighted by Gasteiger charge is -2.10. The number of nitrogens with one attached hydrogen (secondary N) is 2. The zero-order valence-corrected chi connectivity index (χ0v) is 14.4. The van der Waals surface area contributed by atoms with Gasteiger partial charge in [-0.25, -0.2) is 0 Å². The van der Waals surface area contributed by atoms with Crippen LogP contribution in [0.3, 0.4) is 0 Å². The van der Waals surface area contributed by atoms with E-state index in [0.717, 1.165) is 29.8 Å². The van der Waals surface area contributed by atoms with Crippen LogP contribution in [0.2, 0.25) is 0 Å². The van der Waals surface area contributed by atoms with Gasteiger partial charge in [-0.3, -0.25) is 9.59 Å². The molecular weight excluding hydrogens is 345 g/mol. The third kappa shape index (κ3) is 5.34. The van der Waals surface area contributed by atoms with E-state index in [1.165, 1.54) is 0 Å². The van der Waals surface area contributed by atoms with Gasteiger partial charge in [0.2, 0.25) is 5.91 Å². The van der Waals surface area contributed by atoms with Crippen LogP contribution in [0.4, 0.5) is 18.9 Å². The largest absolute Gasteiger partial charge is 0.416 e. The van der Waals surface area contributed by atoms with Gasteiger partial charge in [-0.1, -0.05) is 26.0 Å². The number of hydrogen-bond donors (Lipinski definition) is 2. The molecule has 2 aromatic carbocycles. The fourth-order valence-electron chi connectivity index (χ4n) is 2.23. The summed E-state index contributed by atoms with van der Waals surface area (Å²) >= 11 is 0. The molecule has 2 N–H and O–H groups in total. The summed E-state index contributed by atoms with van der Waals surface area (Å²) in [6, 6.07) is 11.1. The first-order chi connectivity index (χ1) is 12.2. The van der Waals surface area contributed by atoms with Crippen LogP contribution in [0, 0.1) is 0 Å². The number of benzene rings is 2. The third-order valence-corrected chi connectivity index (χ3v) is 3.75. The van der Waals surface area contributed by atoms with Gasteiger partial charge in [0.25, 0.3) is 5.91 Å². The van der Waals surface area contributed by atoms with Crippen LogP contribution in [0.5, 0.6) is 0 Å². The second-order valence-electron chi connectivity index (χ2n) is 6.08. The van der Waals surface area contributed by atoms with Crippen molar-refractivity contribution in [2.24, 2.45) is 0 Å². The topological polar surface area (TPSA) is 58.2 Å². The van der Waals surface area contributed by atoms with Crippen molar-refractivity contribution in [1.82, 2.24) is 5.32 Å². The summed E-state index contributed by atoms with van der Waals surface area (Å²) in [5, 5.41) is 5.02. The van der Waals surface area contributed by atoms with E-state index < -0.39 is 23.6 Å². The normalized spacial score (nSPS) is 11.3. The van der Waals surface area contributed by atoms with E-state index in [9.17, 15) is 22.8 Å². The predicted octanol–water partition coefficient (Wildman–Crippen LogP) is 4.20. The second-order valence-corrected chi connectivity index (χ2v) is 6.08. The minimum Gasteiger partial charge on any atom is -0.343 e. The Balaban J connectivity index is 1.87. The Hall–Kier alpha value is -2.83. The van der Waals surface area contributed by atoms with Crippen LogP contribution in [-0.4, -0.2) is 18.4 Å². The van der Waals surface area contributed by atoms with Gasteiger partial charge in [-0.15, -0.1) is 0 Å². The third-order valence-electron chi connectivity index (χ3n) is 3.75. The van der Waals surface area contributed by atoms with Crippen LogP contribution in [0.1, 0.15) is 41.3 Å². The minimum atomic E-state index is -4.46. The Morgan fingerprint density at radius 2 is 1.54 bits per heavy atom. The van der Waals surface area contributed by atoms with E-state index in [4.69, 9.17) is 0 Å². The van der Waals surface area contributed by atoms with Crippen LogP contribution in [0.25, 0.3) is 0 Å². The fraction of sp³-hybridized carbons (Fsp3) is 0.263. The maximum absolute atomic E-state index is 12.5. The van der Waals surface area contributed by atoms with E-state index in [0.29, 0.717) is 11.6 Å². The molecule has 2 rings (SSSR count). The summed E-state index contributed by atoms with van der Waals surface area (Å²) in [5.41, 5.74) is 0.950. The molecule has 0 aliphatic rings. The van der Waals surface area contributed by atoms with Crippen LogP contribution in [-0.2, 0) is 11.0 Å². The molecule has 0 aliphatic carbocycles. The Bertz CT molecular complexity index is 767. The lowest BCUT2D eigenvalue weighted by Crippen LogP contribution is -2.32. The van der Waals surface area contributed by atoms with Crippen molar-refractivity contribution in [3.63, 3.8) is 0 Å². The molecule has 0 aromatic heterocycles. The second kappa shape index (κ2) is 8.03. The zero-order chi connectivity index (χ0) is 19.3. The van der Waals surface area contributed by atoms with E-state index in [-0.39, 0.29) is 12.1 Å². The van der Waals surface area contributed by atoms with Crippen molar-refractivity contribution in [3.05, 3.63) is 65.2 Å². The van der Waals surface area contributed by atoms with E-state index in [1.807, 2.05) is 12.1 Å². The highest BCUT2D eigenvalue weighted by Crippen LogP contribution is 2.29. The number of halogens is 3. The van der Waals surface area contributed by atoms with Gasteiger partial charge >= 0.3 is 6.18 Å². The van der Waals surface area contributed by atoms with Crippen LogP contribution >= 0.6 is 0 Å². The maximum Gasteiger partial charge on any atom is 0.416 e. The molecule has 0 saturated heterocycles. The van der Waals surface area contributed by atoms with Gasteiger partial charge in [-0.05, 0) is 47.9 Å². The van der Waals surface area contributed by atoms with Gasteiger partial charge in [0.15, 0.2) is 0 Å². The molecular formula is C19H19F3N2O2. The Labute approximate surface area is 149 Å². The molecule has 0 saturated carbocycles. The molecule has 0 spiro atoms. The zero-order valence-electron chi connectivity index (χ0n) is 14.4. The first-order valence-corrected chi connectivity index (χ1v) is 8.02. The summed E-state index contributed by atoms with van der Waals surface area (Å²) in [6.07, 6.45) is -4.46. The monoisotopic (exact) mass is 364 g/mol. The molecule has 0 heterocycles. The number of carbonyl (C=O) groups excluding carboxylic acids is 2. The average Bonchev–Trinajstić information content (AvgIpc) is 2.59. The van der Waals surface area contributed by atoms with Crippen molar-refractivity contribution >= 4 is 17.5 Å². The molecule has 0 unspecified atom stereocenters. The van der Waals surface area contributed by atoms with Crippen molar-refractivity contribution in [2.75, 3.05) is 11.9 Å². The Morgan fingerprint density at radius 3 is 2.04 bits per heavy atom. The summed E-state index contributed by atoms with van der Waals surface area (Å²) < 4.78 is 37.5. The molecule has 138 valence electrons. The molecule has 7 heteroatoms. The van der Waals surface area contributed by atoms with Crippen molar-refractivity contribution in [3.8, 4) is 0 Å². The quantitative estimate of drug-likeness (QED) is 0.836. The highest BCUT2D eigenvalue weighted by Gasteiger charge is 2.30. The number of carbonyl (C=O) groups is 2. The van der Waals surface area contributed by atoms with Crippen LogP contribution < -0.4 is 10.6 Å². The fourth-order valence-corrected chi connectivity index (χ4v) is 2.23. The molecule has 26 heavy (non-hydrogen) atoms. The first-order valence-electron chi connectivity index (χ1n) is 8.02. The molecule has 0 fully saturated rings. The Kier molecular flexibility index (Phi) is 6.02. The van der Waals surface area contributed by atoms with Gasteiger partial charge in [-0.2, -0.15) is 13.2 Å². The summed E-state index contributed by atoms with van der Waals surface area (Å²) in [5.74, 6) is -0.672. The van der Waals surface area contributed by atoms with Gasteiger partial charge in [0.1, 0.15) is 0 Å². The first kappa shape index (κ1) is 19.5. The van der Waals surface area contributed by atoms with Crippen molar-refractivity contribution in [1.29, 1.82) is 0 Å².